The fraction of sp³-hybridized carbons (Fsp3) is 0.0667. The van der Waals surface area contributed by atoms with Crippen LogP contribution in [0, 0.1) is 0 Å². The molecule has 0 aliphatic heterocycles. The third-order valence-electron chi connectivity index (χ3n) is 3.16. The second-order valence-electron chi connectivity index (χ2n) is 4.56. The van der Waals surface area contributed by atoms with E-state index in [1.54, 1.807) is 12.4 Å². The van der Waals surface area contributed by atoms with Crippen LogP contribution in [0.3, 0.4) is 0 Å². The molecule has 102 valence electrons. The number of pyridine rings is 1. The summed E-state index contributed by atoms with van der Waals surface area (Å²) in [6.07, 6.45) is 3.83. The average Bonchev–Trinajstić information content (AvgIpc) is 3.17. The number of para-hydroxylation sites is 1. The SMILES string of the molecule is c1cncc(-c2noc(Cc3noc4ccccc34)n2)c1. The molecule has 4 aromatic rings. The molecule has 6 heteroatoms. The Morgan fingerprint density at radius 3 is 2.81 bits per heavy atom. The molecule has 0 N–H and O–H groups in total. The van der Waals surface area contributed by atoms with Crippen LogP contribution >= 0.6 is 0 Å². The first-order valence-electron chi connectivity index (χ1n) is 6.46. The third-order valence-corrected chi connectivity index (χ3v) is 3.16. The molecule has 3 aromatic heterocycles. The van der Waals surface area contributed by atoms with Crippen LogP contribution in [0.4, 0.5) is 0 Å². The molecule has 0 aliphatic rings. The van der Waals surface area contributed by atoms with Crippen LogP contribution in [0.15, 0.2) is 57.8 Å². The van der Waals surface area contributed by atoms with E-state index in [1.807, 2.05) is 36.4 Å². The number of benzene rings is 1. The van der Waals surface area contributed by atoms with Crippen molar-refractivity contribution in [3.63, 3.8) is 0 Å². The Morgan fingerprint density at radius 1 is 0.952 bits per heavy atom. The summed E-state index contributed by atoms with van der Waals surface area (Å²) >= 11 is 0. The highest BCUT2D eigenvalue weighted by atomic mass is 16.5. The Balaban J connectivity index is 1.65. The molecule has 0 unspecified atom stereocenters. The summed E-state index contributed by atoms with van der Waals surface area (Å²) in [4.78, 5) is 8.40. The molecule has 0 radical (unpaired) electrons. The smallest absolute Gasteiger partial charge is 0.233 e. The highest BCUT2D eigenvalue weighted by Gasteiger charge is 2.14. The summed E-state index contributed by atoms with van der Waals surface area (Å²) in [6, 6.07) is 11.4. The second-order valence-corrected chi connectivity index (χ2v) is 4.56. The highest BCUT2D eigenvalue weighted by Crippen LogP contribution is 2.21. The van der Waals surface area contributed by atoms with Gasteiger partial charge < -0.3 is 9.05 Å². The van der Waals surface area contributed by atoms with Crippen molar-refractivity contribution in [3.05, 3.63) is 60.4 Å². The van der Waals surface area contributed by atoms with Gasteiger partial charge in [0, 0.05) is 23.3 Å². The first-order chi connectivity index (χ1) is 10.4. The molecule has 21 heavy (non-hydrogen) atoms. The second kappa shape index (κ2) is 4.82. The Morgan fingerprint density at radius 2 is 1.90 bits per heavy atom. The van der Waals surface area contributed by atoms with Gasteiger partial charge in [-0.15, -0.1) is 0 Å². The largest absolute Gasteiger partial charge is 0.356 e. The number of rotatable bonds is 3. The lowest BCUT2D eigenvalue weighted by Gasteiger charge is -1.91. The van der Waals surface area contributed by atoms with Crippen molar-refractivity contribution < 1.29 is 9.05 Å². The summed E-state index contributed by atoms with van der Waals surface area (Å²) in [5.41, 5.74) is 2.35. The fourth-order valence-electron chi connectivity index (χ4n) is 2.15. The lowest BCUT2D eigenvalue weighted by molar-refractivity contribution is 0.380. The Bertz CT molecular complexity index is 883. The molecule has 6 nitrogen and oxygen atoms in total. The molecule has 0 atom stereocenters. The van der Waals surface area contributed by atoms with Crippen LogP contribution < -0.4 is 0 Å². The maximum absolute atomic E-state index is 5.27. The standard InChI is InChI=1S/C15H10N4O2/c1-2-6-13-11(5-1)12(18-20-13)8-14-17-15(19-21-14)10-4-3-7-16-9-10/h1-7,9H,8H2. The van der Waals surface area contributed by atoms with Gasteiger partial charge in [-0.3, -0.25) is 4.98 Å². The van der Waals surface area contributed by atoms with Crippen molar-refractivity contribution in [2.24, 2.45) is 0 Å². The zero-order valence-corrected chi connectivity index (χ0v) is 10.9. The van der Waals surface area contributed by atoms with E-state index < -0.39 is 0 Å². The predicted molar refractivity (Wildman–Crippen MR) is 74.3 cm³/mol. The molecule has 4 rings (SSSR count). The van der Waals surface area contributed by atoms with E-state index in [4.69, 9.17) is 9.05 Å². The van der Waals surface area contributed by atoms with Gasteiger partial charge in [-0.05, 0) is 24.3 Å². The van der Waals surface area contributed by atoms with Crippen molar-refractivity contribution >= 4 is 11.0 Å². The first-order valence-corrected chi connectivity index (χ1v) is 6.46. The molecule has 0 bridgehead atoms. The van der Waals surface area contributed by atoms with E-state index in [0.29, 0.717) is 18.1 Å². The van der Waals surface area contributed by atoms with E-state index in [1.165, 1.54) is 0 Å². The van der Waals surface area contributed by atoms with Gasteiger partial charge >= 0.3 is 0 Å². The average molecular weight is 278 g/mol. The van der Waals surface area contributed by atoms with Crippen molar-refractivity contribution in [1.82, 2.24) is 20.3 Å². The van der Waals surface area contributed by atoms with Gasteiger partial charge in [-0.2, -0.15) is 4.98 Å². The number of hydrogen-bond acceptors (Lipinski definition) is 6. The lowest BCUT2D eigenvalue weighted by Crippen LogP contribution is -1.89. The minimum atomic E-state index is 0.435. The molecule has 0 amide bonds. The fourth-order valence-corrected chi connectivity index (χ4v) is 2.15. The third kappa shape index (κ3) is 2.16. The molecule has 0 fully saturated rings. The van der Waals surface area contributed by atoms with Gasteiger partial charge in [0.25, 0.3) is 0 Å². The van der Waals surface area contributed by atoms with Crippen LogP contribution in [0.25, 0.3) is 22.4 Å². The quantitative estimate of drug-likeness (QED) is 0.573. The minimum absolute atomic E-state index is 0.435. The van der Waals surface area contributed by atoms with Gasteiger partial charge in [-0.25, -0.2) is 0 Å². The van der Waals surface area contributed by atoms with E-state index in [0.717, 1.165) is 22.2 Å². The number of hydrogen-bond donors (Lipinski definition) is 0. The van der Waals surface area contributed by atoms with Gasteiger partial charge in [-0.1, -0.05) is 22.4 Å². The van der Waals surface area contributed by atoms with Crippen molar-refractivity contribution in [1.29, 1.82) is 0 Å². The summed E-state index contributed by atoms with van der Waals surface area (Å²) in [6.45, 7) is 0. The van der Waals surface area contributed by atoms with Crippen LogP contribution in [0.5, 0.6) is 0 Å². The van der Waals surface area contributed by atoms with Crippen molar-refractivity contribution in [2.75, 3.05) is 0 Å². The molecule has 0 aliphatic carbocycles. The van der Waals surface area contributed by atoms with E-state index in [2.05, 4.69) is 20.3 Å². The van der Waals surface area contributed by atoms with Crippen LogP contribution in [-0.2, 0) is 6.42 Å². The molecule has 3 heterocycles. The first kappa shape index (κ1) is 11.8. The number of fused-ring (bicyclic) bond motifs is 1. The maximum Gasteiger partial charge on any atom is 0.233 e. The Hall–Kier alpha value is -3.02. The van der Waals surface area contributed by atoms with E-state index in [-0.39, 0.29) is 0 Å². The lowest BCUT2D eigenvalue weighted by atomic mass is 10.2. The van der Waals surface area contributed by atoms with E-state index in [9.17, 15) is 0 Å². The molecular formula is C15H10N4O2. The summed E-state index contributed by atoms with van der Waals surface area (Å²) in [7, 11) is 0. The molecule has 1 aromatic carbocycles. The Kier molecular flexibility index (Phi) is 2.71. The molecular weight excluding hydrogens is 268 g/mol. The molecule has 0 spiro atoms. The number of aromatic nitrogens is 4. The minimum Gasteiger partial charge on any atom is -0.356 e. The predicted octanol–water partition coefficient (Wildman–Crippen LogP) is 2.86. The van der Waals surface area contributed by atoms with Gasteiger partial charge in [0.1, 0.15) is 5.69 Å². The normalized spacial score (nSPS) is 11.0. The van der Waals surface area contributed by atoms with Crippen molar-refractivity contribution in [3.8, 4) is 11.4 Å². The van der Waals surface area contributed by atoms with Crippen LogP contribution in [-0.4, -0.2) is 20.3 Å². The van der Waals surface area contributed by atoms with Crippen molar-refractivity contribution in [2.45, 2.75) is 6.42 Å². The number of nitrogens with zero attached hydrogens (tertiary/aromatic N) is 4. The van der Waals surface area contributed by atoms with Gasteiger partial charge in [0.2, 0.25) is 11.7 Å². The summed E-state index contributed by atoms with van der Waals surface area (Å²) in [5.74, 6) is 1.01. The van der Waals surface area contributed by atoms with E-state index >= 15 is 0 Å². The topological polar surface area (TPSA) is 77.8 Å². The van der Waals surface area contributed by atoms with Crippen LogP contribution in [0.2, 0.25) is 0 Å². The Labute approximate surface area is 119 Å². The zero-order valence-electron chi connectivity index (χ0n) is 10.9. The van der Waals surface area contributed by atoms with Gasteiger partial charge in [0.05, 0.1) is 6.42 Å². The monoisotopic (exact) mass is 278 g/mol. The van der Waals surface area contributed by atoms with Gasteiger partial charge in [0.15, 0.2) is 5.58 Å². The maximum atomic E-state index is 5.27. The van der Waals surface area contributed by atoms with Crippen LogP contribution in [0.1, 0.15) is 11.6 Å². The highest BCUT2D eigenvalue weighted by molar-refractivity contribution is 5.79. The zero-order chi connectivity index (χ0) is 14.1. The molecule has 0 saturated carbocycles. The molecule has 0 saturated heterocycles. The summed E-state index contributed by atoms with van der Waals surface area (Å²) < 4.78 is 10.5. The summed E-state index contributed by atoms with van der Waals surface area (Å²) in [5, 5.41) is 8.98.